The quantitative estimate of drug-likeness (QED) is 0.830. The lowest BCUT2D eigenvalue weighted by molar-refractivity contribution is 0.0899. The lowest BCUT2D eigenvalue weighted by Gasteiger charge is -2.28. The van der Waals surface area contributed by atoms with Crippen LogP contribution in [0.25, 0.3) is 0 Å². The zero-order chi connectivity index (χ0) is 12.3. The van der Waals surface area contributed by atoms with E-state index in [1.165, 1.54) is 12.3 Å². The van der Waals surface area contributed by atoms with E-state index in [-0.39, 0.29) is 11.1 Å². The van der Waals surface area contributed by atoms with Gasteiger partial charge in [-0.1, -0.05) is 12.8 Å². The summed E-state index contributed by atoms with van der Waals surface area (Å²) in [5.41, 5.74) is 5.39. The second kappa shape index (κ2) is 4.79. The van der Waals surface area contributed by atoms with Gasteiger partial charge >= 0.3 is 0 Å². The number of rotatable bonds is 3. The molecule has 17 heavy (non-hydrogen) atoms. The highest BCUT2D eigenvalue weighted by Gasteiger charge is 2.34. The summed E-state index contributed by atoms with van der Waals surface area (Å²) < 4.78 is 13.4. The molecule has 1 saturated carbocycles. The van der Waals surface area contributed by atoms with Crippen LogP contribution in [0.1, 0.15) is 36.0 Å². The molecule has 1 amide bonds. The molecule has 1 fully saturated rings. The van der Waals surface area contributed by atoms with Crippen molar-refractivity contribution < 1.29 is 9.18 Å². The van der Waals surface area contributed by atoms with E-state index in [0.717, 1.165) is 31.9 Å². The highest BCUT2D eigenvalue weighted by molar-refractivity contribution is 5.94. The summed E-state index contributed by atoms with van der Waals surface area (Å²) in [5.74, 6) is -1.01. The van der Waals surface area contributed by atoms with Crippen LogP contribution in [0.4, 0.5) is 4.39 Å². The van der Waals surface area contributed by atoms with Crippen molar-refractivity contribution in [2.75, 3.05) is 6.54 Å². The van der Waals surface area contributed by atoms with E-state index in [1.807, 2.05) is 0 Å². The van der Waals surface area contributed by atoms with Crippen molar-refractivity contribution in [3.05, 3.63) is 29.8 Å². The van der Waals surface area contributed by atoms with Crippen molar-refractivity contribution in [1.82, 2.24) is 10.3 Å². The average Bonchev–Trinajstić information content (AvgIpc) is 2.79. The number of hydrogen-bond acceptors (Lipinski definition) is 3. The second-order valence-corrected chi connectivity index (χ2v) is 4.50. The molecule has 4 nitrogen and oxygen atoms in total. The maximum atomic E-state index is 13.4. The van der Waals surface area contributed by atoms with E-state index in [4.69, 9.17) is 5.73 Å². The Hall–Kier alpha value is -1.49. The Balaban J connectivity index is 2.14. The molecule has 1 aromatic heterocycles. The summed E-state index contributed by atoms with van der Waals surface area (Å²) in [6.45, 7) is 0.394. The molecule has 1 aliphatic rings. The number of pyridine rings is 1. The fourth-order valence-corrected chi connectivity index (χ4v) is 2.30. The maximum absolute atomic E-state index is 13.4. The first-order valence-electron chi connectivity index (χ1n) is 5.79. The molecule has 1 aliphatic carbocycles. The third-order valence-corrected chi connectivity index (χ3v) is 3.35. The molecule has 92 valence electrons. The van der Waals surface area contributed by atoms with Crippen LogP contribution in [0.5, 0.6) is 0 Å². The number of hydrogen-bond donors (Lipinski definition) is 2. The molecule has 0 radical (unpaired) electrons. The maximum Gasteiger partial charge on any atom is 0.254 e. The van der Waals surface area contributed by atoms with Crippen molar-refractivity contribution >= 4 is 5.91 Å². The first-order valence-corrected chi connectivity index (χ1v) is 5.79. The van der Waals surface area contributed by atoms with Gasteiger partial charge in [-0.15, -0.1) is 0 Å². The molecule has 0 aromatic carbocycles. The van der Waals surface area contributed by atoms with E-state index in [1.54, 1.807) is 0 Å². The first-order chi connectivity index (χ1) is 8.17. The Labute approximate surface area is 99.4 Å². The standard InChI is InChI=1S/C12H16FN3O/c13-10-7-15-6-3-9(10)11(17)16-12(8-14)4-1-2-5-12/h3,6-7H,1-2,4-5,8,14H2,(H,16,17). The van der Waals surface area contributed by atoms with Crippen LogP contribution in [0.3, 0.4) is 0 Å². The van der Waals surface area contributed by atoms with Gasteiger partial charge in [0.1, 0.15) is 0 Å². The van der Waals surface area contributed by atoms with Gasteiger partial charge in [0.25, 0.3) is 5.91 Å². The molecule has 0 aliphatic heterocycles. The molecule has 0 atom stereocenters. The van der Waals surface area contributed by atoms with Crippen molar-refractivity contribution in [3.8, 4) is 0 Å². The number of nitrogens with two attached hydrogens (primary N) is 1. The largest absolute Gasteiger partial charge is 0.345 e. The number of amides is 1. The summed E-state index contributed by atoms with van der Waals surface area (Å²) in [6.07, 6.45) is 6.27. The smallest absolute Gasteiger partial charge is 0.254 e. The van der Waals surface area contributed by atoms with E-state index >= 15 is 0 Å². The number of halogens is 1. The number of aromatic nitrogens is 1. The van der Waals surface area contributed by atoms with Crippen molar-refractivity contribution in [3.63, 3.8) is 0 Å². The molecule has 0 bridgehead atoms. The van der Waals surface area contributed by atoms with Crippen molar-refractivity contribution in [2.24, 2.45) is 5.73 Å². The topological polar surface area (TPSA) is 68.0 Å². The number of nitrogens with one attached hydrogen (secondary N) is 1. The van der Waals surface area contributed by atoms with Gasteiger partial charge in [-0.2, -0.15) is 0 Å². The normalized spacial score (nSPS) is 18.0. The number of nitrogens with zero attached hydrogens (tertiary/aromatic N) is 1. The van der Waals surface area contributed by atoms with Crippen LogP contribution in [-0.4, -0.2) is 23.0 Å². The molecule has 0 unspecified atom stereocenters. The van der Waals surface area contributed by atoms with E-state index < -0.39 is 11.7 Å². The Bertz CT molecular complexity index is 416. The SMILES string of the molecule is NCC1(NC(=O)c2ccncc2F)CCCC1. The molecule has 1 heterocycles. The minimum absolute atomic E-state index is 0.0275. The highest BCUT2D eigenvalue weighted by Crippen LogP contribution is 2.29. The van der Waals surface area contributed by atoms with Crippen molar-refractivity contribution in [2.45, 2.75) is 31.2 Å². The third-order valence-electron chi connectivity index (χ3n) is 3.35. The molecular weight excluding hydrogens is 221 g/mol. The zero-order valence-corrected chi connectivity index (χ0v) is 9.58. The summed E-state index contributed by atoms with van der Waals surface area (Å²) >= 11 is 0. The van der Waals surface area contributed by atoms with Crippen LogP contribution < -0.4 is 11.1 Å². The van der Waals surface area contributed by atoms with Gasteiger partial charge in [0, 0.05) is 12.7 Å². The lowest BCUT2D eigenvalue weighted by Crippen LogP contribution is -2.51. The zero-order valence-electron chi connectivity index (χ0n) is 9.58. The minimum atomic E-state index is -0.602. The fourth-order valence-electron chi connectivity index (χ4n) is 2.30. The van der Waals surface area contributed by atoms with Gasteiger partial charge < -0.3 is 11.1 Å². The molecule has 2 rings (SSSR count). The van der Waals surface area contributed by atoms with Gasteiger partial charge in [-0.25, -0.2) is 4.39 Å². The van der Waals surface area contributed by atoms with E-state index in [2.05, 4.69) is 10.3 Å². The van der Waals surface area contributed by atoms with Gasteiger partial charge in [-0.3, -0.25) is 9.78 Å². The Kier molecular flexibility index (Phi) is 3.38. The van der Waals surface area contributed by atoms with Crippen LogP contribution in [0, 0.1) is 5.82 Å². The molecule has 3 N–H and O–H groups in total. The number of carbonyl (C=O) groups is 1. The lowest BCUT2D eigenvalue weighted by atomic mass is 9.97. The van der Waals surface area contributed by atoms with Crippen LogP contribution >= 0.6 is 0 Å². The predicted octanol–water partition coefficient (Wildman–Crippen LogP) is 1.22. The third kappa shape index (κ3) is 2.44. The second-order valence-electron chi connectivity index (χ2n) is 4.50. The van der Waals surface area contributed by atoms with Gasteiger partial charge in [-0.05, 0) is 18.9 Å². The van der Waals surface area contributed by atoms with Crippen LogP contribution in [-0.2, 0) is 0 Å². The molecule has 0 spiro atoms. The van der Waals surface area contributed by atoms with Gasteiger partial charge in [0.05, 0.1) is 17.3 Å². The molecule has 0 saturated heterocycles. The predicted molar refractivity (Wildman–Crippen MR) is 61.9 cm³/mol. The first kappa shape index (κ1) is 12.0. The Morgan fingerprint density at radius 2 is 2.24 bits per heavy atom. The Morgan fingerprint density at radius 1 is 1.53 bits per heavy atom. The number of carbonyl (C=O) groups excluding carboxylic acids is 1. The molecule has 5 heteroatoms. The van der Waals surface area contributed by atoms with Crippen LogP contribution in [0.2, 0.25) is 0 Å². The van der Waals surface area contributed by atoms with Crippen molar-refractivity contribution in [1.29, 1.82) is 0 Å². The average molecular weight is 237 g/mol. The van der Waals surface area contributed by atoms with E-state index in [0.29, 0.717) is 6.54 Å². The Morgan fingerprint density at radius 3 is 2.82 bits per heavy atom. The van der Waals surface area contributed by atoms with E-state index in [9.17, 15) is 9.18 Å². The minimum Gasteiger partial charge on any atom is -0.345 e. The summed E-state index contributed by atoms with van der Waals surface area (Å²) in [6, 6.07) is 1.38. The monoisotopic (exact) mass is 237 g/mol. The summed E-state index contributed by atoms with van der Waals surface area (Å²) in [4.78, 5) is 15.6. The molecular formula is C12H16FN3O. The summed E-state index contributed by atoms with van der Waals surface area (Å²) in [7, 11) is 0. The highest BCUT2D eigenvalue weighted by atomic mass is 19.1. The molecule has 1 aromatic rings. The fraction of sp³-hybridized carbons (Fsp3) is 0.500. The van der Waals surface area contributed by atoms with Gasteiger partial charge in [0.2, 0.25) is 0 Å². The van der Waals surface area contributed by atoms with Crippen LogP contribution in [0.15, 0.2) is 18.5 Å². The summed E-state index contributed by atoms with van der Waals surface area (Å²) in [5, 5.41) is 2.87. The van der Waals surface area contributed by atoms with Gasteiger partial charge in [0.15, 0.2) is 5.82 Å².